The molecular weight excluding hydrogens is 258 g/mol. The molecule has 0 heterocycles. The van der Waals surface area contributed by atoms with Gasteiger partial charge in [-0.1, -0.05) is 6.42 Å². The molecule has 1 aromatic carbocycles. The maximum atomic E-state index is 12.2. The summed E-state index contributed by atoms with van der Waals surface area (Å²) in [5.74, 6) is -1.03. The monoisotopic (exact) mass is 277 g/mol. The van der Waals surface area contributed by atoms with Crippen LogP contribution in [0.3, 0.4) is 0 Å². The number of hydrogen-bond donors (Lipinski definition) is 3. The minimum atomic E-state index is -0.901. The fourth-order valence-corrected chi connectivity index (χ4v) is 2.69. The average Bonchev–Trinajstić information content (AvgIpc) is 2.75. The van der Waals surface area contributed by atoms with Gasteiger partial charge in [-0.3, -0.25) is 9.59 Å². The second-order valence-electron chi connectivity index (χ2n) is 5.64. The summed E-state index contributed by atoms with van der Waals surface area (Å²) in [5.41, 5.74) is 0.145. The van der Waals surface area contributed by atoms with E-state index in [-0.39, 0.29) is 17.7 Å². The molecule has 0 saturated heterocycles. The standard InChI is InChI=1S/C15H19NO4/c1-9-8-10(5-6-11(9)17)13(18)16-12-4-3-7-15(12,2)14(19)20/h5-6,8,12,17H,3-4,7H2,1-2H3,(H,16,18)(H,19,20). The summed E-state index contributed by atoms with van der Waals surface area (Å²) in [6.07, 6.45) is 2.04. The number of amides is 1. The Bertz CT molecular complexity index is 555. The van der Waals surface area contributed by atoms with Gasteiger partial charge >= 0.3 is 5.97 Å². The van der Waals surface area contributed by atoms with E-state index in [1.165, 1.54) is 12.1 Å². The van der Waals surface area contributed by atoms with Crippen LogP contribution in [-0.4, -0.2) is 28.1 Å². The van der Waals surface area contributed by atoms with E-state index in [1.54, 1.807) is 19.9 Å². The fraction of sp³-hybridized carbons (Fsp3) is 0.467. The summed E-state index contributed by atoms with van der Waals surface area (Å²) in [5, 5.41) is 21.6. The van der Waals surface area contributed by atoms with Gasteiger partial charge in [0.05, 0.1) is 5.41 Å². The molecule has 20 heavy (non-hydrogen) atoms. The molecule has 0 aliphatic heterocycles. The molecule has 1 saturated carbocycles. The summed E-state index contributed by atoms with van der Waals surface area (Å²) in [6.45, 7) is 3.39. The number of aryl methyl sites for hydroxylation is 1. The smallest absolute Gasteiger partial charge is 0.311 e. The topological polar surface area (TPSA) is 86.6 Å². The molecule has 108 valence electrons. The second kappa shape index (κ2) is 5.15. The van der Waals surface area contributed by atoms with E-state index < -0.39 is 11.4 Å². The number of carboxylic acid groups (broad SMARTS) is 1. The normalized spacial score (nSPS) is 25.4. The maximum Gasteiger partial charge on any atom is 0.311 e. The molecule has 5 heteroatoms. The Balaban J connectivity index is 2.15. The Morgan fingerprint density at radius 2 is 2.10 bits per heavy atom. The van der Waals surface area contributed by atoms with E-state index in [1.807, 2.05) is 0 Å². The summed E-state index contributed by atoms with van der Waals surface area (Å²) < 4.78 is 0. The molecule has 2 rings (SSSR count). The van der Waals surface area contributed by atoms with Crippen LogP contribution in [0, 0.1) is 12.3 Å². The zero-order chi connectivity index (χ0) is 14.9. The lowest BCUT2D eigenvalue weighted by atomic mass is 9.85. The summed E-state index contributed by atoms with van der Waals surface area (Å²) in [7, 11) is 0. The van der Waals surface area contributed by atoms with Crippen molar-refractivity contribution in [3.05, 3.63) is 29.3 Å². The predicted molar refractivity (Wildman–Crippen MR) is 73.7 cm³/mol. The Kier molecular flexibility index (Phi) is 3.70. The SMILES string of the molecule is Cc1cc(C(=O)NC2CCCC2(C)C(=O)O)ccc1O. The zero-order valence-corrected chi connectivity index (χ0v) is 11.6. The third-order valence-electron chi connectivity index (χ3n) is 4.21. The Hall–Kier alpha value is -2.04. The Morgan fingerprint density at radius 3 is 2.70 bits per heavy atom. The molecule has 2 atom stereocenters. The predicted octanol–water partition coefficient (Wildman–Crippen LogP) is 2.07. The number of rotatable bonds is 3. The lowest BCUT2D eigenvalue weighted by molar-refractivity contribution is -0.148. The fourth-order valence-electron chi connectivity index (χ4n) is 2.69. The van der Waals surface area contributed by atoms with Gasteiger partial charge in [-0.2, -0.15) is 0 Å². The van der Waals surface area contributed by atoms with Crippen molar-refractivity contribution in [1.82, 2.24) is 5.32 Å². The minimum absolute atomic E-state index is 0.137. The van der Waals surface area contributed by atoms with Gasteiger partial charge in [-0.05, 0) is 50.5 Å². The van der Waals surface area contributed by atoms with E-state index >= 15 is 0 Å². The molecule has 1 amide bonds. The number of carboxylic acids is 1. The van der Waals surface area contributed by atoms with Gasteiger partial charge < -0.3 is 15.5 Å². The highest BCUT2D eigenvalue weighted by molar-refractivity contribution is 5.95. The van der Waals surface area contributed by atoms with Crippen LogP contribution in [0.1, 0.15) is 42.1 Å². The molecule has 1 aliphatic carbocycles. The molecule has 1 aliphatic rings. The van der Waals surface area contributed by atoms with Crippen LogP contribution in [0.5, 0.6) is 5.75 Å². The average molecular weight is 277 g/mol. The van der Waals surface area contributed by atoms with Crippen molar-refractivity contribution in [3.63, 3.8) is 0 Å². The highest BCUT2D eigenvalue weighted by Gasteiger charge is 2.45. The first-order chi connectivity index (χ1) is 9.34. The van der Waals surface area contributed by atoms with Crippen molar-refractivity contribution in [3.8, 4) is 5.75 Å². The Labute approximate surface area is 117 Å². The van der Waals surface area contributed by atoms with Gasteiger partial charge in [0, 0.05) is 11.6 Å². The molecule has 1 aromatic rings. The number of phenols is 1. The van der Waals surface area contributed by atoms with Crippen LogP contribution in [0.4, 0.5) is 0 Å². The first-order valence-corrected chi connectivity index (χ1v) is 6.68. The third kappa shape index (κ3) is 2.48. The van der Waals surface area contributed by atoms with Gasteiger partial charge in [0.2, 0.25) is 0 Å². The molecule has 2 unspecified atom stereocenters. The highest BCUT2D eigenvalue weighted by Crippen LogP contribution is 2.38. The zero-order valence-electron chi connectivity index (χ0n) is 11.6. The minimum Gasteiger partial charge on any atom is -0.508 e. The first-order valence-electron chi connectivity index (χ1n) is 6.68. The Morgan fingerprint density at radius 1 is 1.40 bits per heavy atom. The summed E-state index contributed by atoms with van der Waals surface area (Å²) in [6, 6.07) is 4.24. The van der Waals surface area contributed by atoms with Crippen LogP contribution in [0.2, 0.25) is 0 Å². The third-order valence-corrected chi connectivity index (χ3v) is 4.21. The van der Waals surface area contributed by atoms with E-state index in [0.717, 1.165) is 6.42 Å². The van der Waals surface area contributed by atoms with Crippen molar-refractivity contribution >= 4 is 11.9 Å². The van der Waals surface area contributed by atoms with Crippen molar-refractivity contribution in [2.45, 2.75) is 39.2 Å². The van der Waals surface area contributed by atoms with Crippen LogP contribution < -0.4 is 5.32 Å². The van der Waals surface area contributed by atoms with E-state index in [2.05, 4.69) is 5.32 Å². The van der Waals surface area contributed by atoms with E-state index in [4.69, 9.17) is 0 Å². The summed E-state index contributed by atoms with van der Waals surface area (Å²) in [4.78, 5) is 23.6. The number of carbonyl (C=O) groups excluding carboxylic acids is 1. The van der Waals surface area contributed by atoms with Crippen molar-refractivity contribution in [2.24, 2.45) is 5.41 Å². The van der Waals surface area contributed by atoms with Gasteiger partial charge in [0.15, 0.2) is 0 Å². The molecule has 5 nitrogen and oxygen atoms in total. The number of benzene rings is 1. The maximum absolute atomic E-state index is 12.2. The molecule has 0 spiro atoms. The number of aromatic hydroxyl groups is 1. The van der Waals surface area contributed by atoms with E-state index in [9.17, 15) is 19.8 Å². The summed E-state index contributed by atoms with van der Waals surface area (Å²) >= 11 is 0. The van der Waals surface area contributed by atoms with Gasteiger partial charge in [-0.15, -0.1) is 0 Å². The van der Waals surface area contributed by atoms with E-state index in [0.29, 0.717) is 24.0 Å². The van der Waals surface area contributed by atoms with Crippen LogP contribution in [0.15, 0.2) is 18.2 Å². The molecule has 0 aromatic heterocycles. The number of carbonyl (C=O) groups is 2. The quantitative estimate of drug-likeness (QED) is 0.789. The molecule has 0 bridgehead atoms. The largest absolute Gasteiger partial charge is 0.508 e. The molecular formula is C15H19NO4. The van der Waals surface area contributed by atoms with Crippen molar-refractivity contribution in [1.29, 1.82) is 0 Å². The van der Waals surface area contributed by atoms with Gasteiger partial charge in [0.1, 0.15) is 5.75 Å². The molecule has 0 radical (unpaired) electrons. The number of nitrogens with one attached hydrogen (secondary N) is 1. The highest BCUT2D eigenvalue weighted by atomic mass is 16.4. The number of phenolic OH excluding ortho intramolecular Hbond substituents is 1. The van der Waals surface area contributed by atoms with Crippen LogP contribution >= 0.6 is 0 Å². The lowest BCUT2D eigenvalue weighted by Gasteiger charge is -2.27. The molecule has 1 fully saturated rings. The lowest BCUT2D eigenvalue weighted by Crippen LogP contribution is -2.47. The van der Waals surface area contributed by atoms with Crippen LogP contribution in [-0.2, 0) is 4.79 Å². The van der Waals surface area contributed by atoms with Gasteiger partial charge in [0.25, 0.3) is 5.91 Å². The number of hydrogen-bond acceptors (Lipinski definition) is 3. The first kappa shape index (κ1) is 14.4. The van der Waals surface area contributed by atoms with Crippen molar-refractivity contribution < 1.29 is 19.8 Å². The second-order valence-corrected chi connectivity index (χ2v) is 5.64. The van der Waals surface area contributed by atoms with Crippen LogP contribution in [0.25, 0.3) is 0 Å². The van der Waals surface area contributed by atoms with Crippen molar-refractivity contribution in [2.75, 3.05) is 0 Å². The molecule has 3 N–H and O–H groups in total. The van der Waals surface area contributed by atoms with Gasteiger partial charge in [-0.25, -0.2) is 0 Å². The number of aliphatic carboxylic acids is 1.